The molecule has 0 bridgehead atoms. The molecule has 0 amide bonds. The summed E-state index contributed by atoms with van der Waals surface area (Å²) in [6, 6.07) is 16.6. The van der Waals surface area contributed by atoms with Gasteiger partial charge in [0.2, 0.25) is 0 Å². The molecule has 0 heterocycles. The molecule has 21 heavy (non-hydrogen) atoms. The summed E-state index contributed by atoms with van der Waals surface area (Å²) in [5, 5.41) is 3.14. The lowest BCUT2D eigenvalue weighted by atomic mass is 10.2. The average Bonchev–Trinajstić information content (AvgIpc) is 2.48. The number of anilines is 3. The third-order valence-corrected chi connectivity index (χ3v) is 3.25. The molecule has 0 fully saturated rings. The van der Waals surface area contributed by atoms with Gasteiger partial charge in [-0.2, -0.15) is 0 Å². The lowest BCUT2D eigenvalue weighted by molar-refractivity contribution is 1.11. The van der Waals surface area contributed by atoms with Crippen LogP contribution in [0.2, 0.25) is 0 Å². The topological polar surface area (TPSA) is 18.5 Å². The summed E-state index contributed by atoms with van der Waals surface area (Å²) in [5.74, 6) is 0. The van der Waals surface area contributed by atoms with E-state index in [4.69, 9.17) is 0 Å². The van der Waals surface area contributed by atoms with Gasteiger partial charge >= 0.3 is 0 Å². The standard InChI is InChI=1S/C9H14N2.C9H13N/c1-10-8-6-4-5-7-9(8)11(2)3;1-8-6-4-5-7-9(8)10(2)3/h4-7,10H,1-3H3;4-7H,1-3H3. The normalized spacial score (nSPS) is 9.43. The molecular weight excluding hydrogens is 258 g/mol. The number of para-hydroxylation sites is 3. The Morgan fingerprint density at radius 1 is 0.714 bits per heavy atom. The minimum absolute atomic E-state index is 1.16. The van der Waals surface area contributed by atoms with Crippen molar-refractivity contribution in [2.75, 3.05) is 50.4 Å². The Morgan fingerprint density at radius 2 is 1.19 bits per heavy atom. The second kappa shape index (κ2) is 8.20. The van der Waals surface area contributed by atoms with E-state index in [-0.39, 0.29) is 0 Å². The fourth-order valence-corrected chi connectivity index (χ4v) is 2.14. The Balaban J connectivity index is 0.000000211. The van der Waals surface area contributed by atoms with Crippen LogP contribution in [0.5, 0.6) is 0 Å². The van der Waals surface area contributed by atoms with Gasteiger partial charge in [0.1, 0.15) is 0 Å². The van der Waals surface area contributed by atoms with E-state index >= 15 is 0 Å². The largest absolute Gasteiger partial charge is 0.386 e. The Kier molecular flexibility index (Phi) is 6.60. The molecule has 2 rings (SSSR count). The van der Waals surface area contributed by atoms with Crippen LogP contribution in [0.25, 0.3) is 0 Å². The molecule has 0 aliphatic heterocycles. The van der Waals surface area contributed by atoms with Crippen LogP contribution in [-0.4, -0.2) is 35.2 Å². The van der Waals surface area contributed by atoms with E-state index in [2.05, 4.69) is 72.5 Å². The van der Waals surface area contributed by atoms with Crippen molar-refractivity contribution < 1.29 is 0 Å². The molecule has 0 aliphatic rings. The molecule has 0 saturated carbocycles. The molecule has 2 aromatic carbocycles. The zero-order valence-electron chi connectivity index (χ0n) is 14.0. The SMILES string of the molecule is CNc1ccccc1N(C)C.Cc1ccccc1N(C)C. The lowest BCUT2D eigenvalue weighted by Gasteiger charge is -2.16. The van der Waals surface area contributed by atoms with Crippen molar-refractivity contribution in [2.24, 2.45) is 0 Å². The number of aryl methyl sites for hydroxylation is 1. The van der Waals surface area contributed by atoms with E-state index in [1.807, 2.05) is 33.3 Å². The van der Waals surface area contributed by atoms with Gasteiger partial charge in [0.15, 0.2) is 0 Å². The molecule has 0 atom stereocenters. The summed E-state index contributed by atoms with van der Waals surface area (Å²) in [6.07, 6.45) is 0. The number of nitrogens with one attached hydrogen (secondary N) is 1. The third kappa shape index (κ3) is 5.03. The Labute approximate surface area is 129 Å². The van der Waals surface area contributed by atoms with Crippen LogP contribution >= 0.6 is 0 Å². The first-order valence-corrected chi connectivity index (χ1v) is 7.14. The van der Waals surface area contributed by atoms with E-state index in [1.165, 1.54) is 16.9 Å². The zero-order valence-corrected chi connectivity index (χ0v) is 14.0. The smallest absolute Gasteiger partial charge is 0.0596 e. The first-order valence-electron chi connectivity index (χ1n) is 7.14. The van der Waals surface area contributed by atoms with Crippen molar-refractivity contribution in [3.05, 3.63) is 54.1 Å². The van der Waals surface area contributed by atoms with E-state index < -0.39 is 0 Å². The highest BCUT2D eigenvalue weighted by Gasteiger charge is 1.99. The maximum absolute atomic E-state index is 3.14. The summed E-state index contributed by atoms with van der Waals surface area (Å²) in [7, 11) is 10.1. The summed E-state index contributed by atoms with van der Waals surface area (Å²) in [6.45, 7) is 2.12. The van der Waals surface area contributed by atoms with Gasteiger partial charge in [-0.1, -0.05) is 30.3 Å². The van der Waals surface area contributed by atoms with Crippen LogP contribution in [0.1, 0.15) is 5.56 Å². The zero-order chi connectivity index (χ0) is 15.8. The summed E-state index contributed by atoms with van der Waals surface area (Å²) < 4.78 is 0. The molecule has 3 heteroatoms. The van der Waals surface area contributed by atoms with Crippen LogP contribution in [0.15, 0.2) is 48.5 Å². The van der Waals surface area contributed by atoms with Crippen LogP contribution < -0.4 is 15.1 Å². The Morgan fingerprint density at radius 3 is 1.57 bits per heavy atom. The minimum atomic E-state index is 1.16. The Bertz CT molecular complexity index is 548. The van der Waals surface area contributed by atoms with E-state index in [9.17, 15) is 0 Å². The number of hydrogen-bond acceptors (Lipinski definition) is 3. The van der Waals surface area contributed by atoms with Gasteiger partial charge in [0, 0.05) is 40.9 Å². The summed E-state index contributed by atoms with van der Waals surface area (Å²) in [5.41, 5.74) is 5.00. The maximum Gasteiger partial charge on any atom is 0.0596 e. The molecular formula is C18H27N3. The highest BCUT2D eigenvalue weighted by molar-refractivity contribution is 5.68. The van der Waals surface area contributed by atoms with Crippen LogP contribution in [0.4, 0.5) is 17.1 Å². The predicted molar refractivity (Wildman–Crippen MR) is 95.8 cm³/mol. The average molecular weight is 285 g/mol. The first kappa shape index (κ1) is 16.9. The molecule has 0 radical (unpaired) electrons. The highest BCUT2D eigenvalue weighted by Crippen LogP contribution is 2.22. The minimum Gasteiger partial charge on any atom is -0.386 e. The summed E-state index contributed by atoms with van der Waals surface area (Å²) >= 11 is 0. The highest BCUT2D eigenvalue weighted by atomic mass is 15.1. The van der Waals surface area contributed by atoms with E-state index in [0.717, 1.165) is 5.69 Å². The van der Waals surface area contributed by atoms with E-state index in [0.29, 0.717) is 0 Å². The number of rotatable bonds is 3. The van der Waals surface area contributed by atoms with Crippen molar-refractivity contribution in [2.45, 2.75) is 6.92 Å². The molecule has 0 unspecified atom stereocenters. The second-order valence-corrected chi connectivity index (χ2v) is 5.34. The Hall–Kier alpha value is -2.16. The molecule has 114 valence electrons. The van der Waals surface area contributed by atoms with Crippen molar-refractivity contribution in [1.82, 2.24) is 0 Å². The van der Waals surface area contributed by atoms with Gasteiger partial charge in [-0.3, -0.25) is 0 Å². The van der Waals surface area contributed by atoms with Gasteiger partial charge in [0.05, 0.1) is 11.4 Å². The van der Waals surface area contributed by atoms with Crippen LogP contribution in [0, 0.1) is 6.92 Å². The van der Waals surface area contributed by atoms with Crippen molar-refractivity contribution >= 4 is 17.1 Å². The van der Waals surface area contributed by atoms with Gasteiger partial charge in [0.25, 0.3) is 0 Å². The predicted octanol–water partition coefficient (Wildman–Crippen LogP) is 3.86. The lowest BCUT2D eigenvalue weighted by Crippen LogP contribution is -2.10. The molecule has 0 saturated heterocycles. The summed E-state index contributed by atoms with van der Waals surface area (Å²) in [4.78, 5) is 4.21. The fraction of sp³-hybridized carbons (Fsp3) is 0.333. The number of hydrogen-bond donors (Lipinski definition) is 1. The van der Waals surface area contributed by atoms with Crippen molar-refractivity contribution in [3.8, 4) is 0 Å². The van der Waals surface area contributed by atoms with Gasteiger partial charge in [-0.15, -0.1) is 0 Å². The van der Waals surface area contributed by atoms with Gasteiger partial charge in [-0.25, -0.2) is 0 Å². The number of benzene rings is 2. The van der Waals surface area contributed by atoms with Crippen LogP contribution in [0.3, 0.4) is 0 Å². The molecule has 1 N–H and O–H groups in total. The van der Waals surface area contributed by atoms with Gasteiger partial charge in [-0.05, 0) is 30.7 Å². The van der Waals surface area contributed by atoms with Gasteiger partial charge < -0.3 is 15.1 Å². The maximum atomic E-state index is 3.14. The van der Waals surface area contributed by atoms with Crippen molar-refractivity contribution in [1.29, 1.82) is 0 Å². The third-order valence-electron chi connectivity index (χ3n) is 3.25. The number of nitrogens with zero attached hydrogens (tertiary/aromatic N) is 2. The second-order valence-electron chi connectivity index (χ2n) is 5.34. The molecule has 3 nitrogen and oxygen atoms in total. The van der Waals surface area contributed by atoms with Crippen LogP contribution in [-0.2, 0) is 0 Å². The molecule has 2 aromatic rings. The molecule has 0 aliphatic carbocycles. The monoisotopic (exact) mass is 285 g/mol. The van der Waals surface area contributed by atoms with E-state index in [1.54, 1.807) is 0 Å². The first-order chi connectivity index (χ1) is 9.97. The molecule has 0 aromatic heterocycles. The molecule has 0 spiro atoms. The van der Waals surface area contributed by atoms with Crippen molar-refractivity contribution in [3.63, 3.8) is 0 Å². The fourth-order valence-electron chi connectivity index (χ4n) is 2.14. The quantitative estimate of drug-likeness (QED) is 0.924.